The Labute approximate surface area is 199 Å². The molecule has 0 radical (unpaired) electrons. The number of amides is 1. The van der Waals surface area contributed by atoms with Crippen molar-refractivity contribution in [1.29, 1.82) is 0 Å². The fourth-order valence-corrected chi connectivity index (χ4v) is 5.68. The van der Waals surface area contributed by atoms with Gasteiger partial charge in [-0.15, -0.1) is 0 Å². The van der Waals surface area contributed by atoms with Gasteiger partial charge in [-0.05, 0) is 62.9 Å². The number of pyridine rings is 2. The summed E-state index contributed by atoms with van der Waals surface area (Å²) in [6.07, 6.45) is 2.23. The monoisotopic (exact) mass is 480 g/mol. The van der Waals surface area contributed by atoms with E-state index in [1.54, 1.807) is 12.1 Å². The van der Waals surface area contributed by atoms with Crippen molar-refractivity contribution in [2.75, 3.05) is 11.4 Å². The van der Waals surface area contributed by atoms with Crippen molar-refractivity contribution in [3.05, 3.63) is 76.2 Å². The van der Waals surface area contributed by atoms with E-state index in [1.807, 2.05) is 35.9 Å². The number of hydrogen-bond donors (Lipinski definition) is 2. The Morgan fingerprint density at radius 2 is 1.88 bits per heavy atom. The van der Waals surface area contributed by atoms with Gasteiger partial charge in [0.25, 0.3) is 21.5 Å². The minimum atomic E-state index is -4.38. The quantitative estimate of drug-likeness (QED) is 0.578. The van der Waals surface area contributed by atoms with Crippen LogP contribution in [0.15, 0.2) is 64.4 Å². The van der Waals surface area contributed by atoms with Crippen molar-refractivity contribution in [2.24, 2.45) is 5.92 Å². The van der Waals surface area contributed by atoms with Crippen LogP contribution in [0.2, 0.25) is 0 Å². The molecule has 2 aromatic heterocycles. The number of benzene rings is 1. The number of nitrogens with zero attached hydrogens (tertiary/aromatic N) is 2. The smallest absolute Gasteiger partial charge is 0.269 e. The van der Waals surface area contributed by atoms with E-state index in [2.05, 4.69) is 30.7 Å². The first-order valence-electron chi connectivity index (χ1n) is 11.1. The van der Waals surface area contributed by atoms with E-state index < -0.39 is 26.4 Å². The molecule has 9 heteroatoms. The number of H-pyrrole nitrogens is 1. The predicted octanol–water partition coefficient (Wildman–Crippen LogP) is 3.49. The summed E-state index contributed by atoms with van der Waals surface area (Å²) in [5.41, 5.74) is 1.73. The molecule has 3 heterocycles. The number of aromatic nitrogens is 2. The molecule has 0 spiro atoms. The van der Waals surface area contributed by atoms with Crippen LogP contribution in [0, 0.1) is 12.8 Å². The van der Waals surface area contributed by atoms with Crippen molar-refractivity contribution < 1.29 is 13.2 Å². The van der Waals surface area contributed by atoms with Crippen LogP contribution in [0.3, 0.4) is 0 Å². The fourth-order valence-electron chi connectivity index (χ4n) is 4.65. The van der Waals surface area contributed by atoms with Gasteiger partial charge in [0.2, 0.25) is 0 Å². The second-order valence-electron chi connectivity index (χ2n) is 9.41. The molecule has 8 nitrogen and oxygen atoms in total. The minimum absolute atomic E-state index is 0.135. The van der Waals surface area contributed by atoms with Gasteiger partial charge >= 0.3 is 0 Å². The van der Waals surface area contributed by atoms with Crippen LogP contribution in [0.5, 0.6) is 0 Å². The van der Waals surface area contributed by atoms with Crippen LogP contribution in [-0.4, -0.2) is 36.4 Å². The average molecular weight is 481 g/mol. The van der Waals surface area contributed by atoms with Gasteiger partial charge in [-0.1, -0.05) is 31.2 Å². The Balaban J connectivity index is 1.80. The van der Waals surface area contributed by atoms with Crippen LogP contribution < -0.4 is 15.2 Å². The number of carbonyl (C=O) groups excluding carboxylic acids is 1. The Bertz CT molecular complexity index is 1410. The Hall–Kier alpha value is -3.46. The van der Waals surface area contributed by atoms with Crippen molar-refractivity contribution in [3.63, 3.8) is 0 Å². The number of aryl methyl sites for hydroxylation is 1. The molecule has 0 bridgehead atoms. The normalized spacial score (nSPS) is 17.5. The molecule has 1 aliphatic heterocycles. The molecule has 1 atom stereocenters. The van der Waals surface area contributed by atoms with E-state index in [9.17, 15) is 18.0 Å². The maximum Gasteiger partial charge on any atom is 0.269 e. The van der Waals surface area contributed by atoms with Crippen molar-refractivity contribution >= 4 is 21.7 Å². The number of nitrogens with one attached hydrogen (secondary N) is 2. The molecule has 0 aliphatic carbocycles. The molecule has 2 N–H and O–H groups in total. The van der Waals surface area contributed by atoms with Gasteiger partial charge in [0.05, 0.1) is 11.3 Å². The lowest BCUT2D eigenvalue weighted by molar-refractivity contribution is 0.0981. The topological polar surface area (TPSA) is 112 Å². The summed E-state index contributed by atoms with van der Waals surface area (Å²) in [4.78, 5) is 34.0. The van der Waals surface area contributed by atoms with Crippen LogP contribution in [0.25, 0.3) is 11.3 Å². The summed E-state index contributed by atoms with van der Waals surface area (Å²) in [6, 6.07) is 13.7. The Kier molecular flexibility index (Phi) is 6.07. The molecule has 4 rings (SSSR count). The van der Waals surface area contributed by atoms with Gasteiger partial charge in [-0.2, -0.15) is 0 Å². The van der Waals surface area contributed by atoms with Crippen molar-refractivity contribution in [3.8, 4) is 11.3 Å². The molecule has 1 aliphatic rings. The molecule has 34 heavy (non-hydrogen) atoms. The van der Waals surface area contributed by atoms with Crippen LogP contribution in [0.4, 0.5) is 5.82 Å². The highest BCUT2D eigenvalue weighted by atomic mass is 32.2. The van der Waals surface area contributed by atoms with Gasteiger partial charge in [0.15, 0.2) is 4.90 Å². The van der Waals surface area contributed by atoms with E-state index in [4.69, 9.17) is 4.98 Å². The maximum atomic E-state index is 13.3. The van der Waals surface area contributed by atoms with Crippen LogP contribution in [-0.2, 0) is 10.0 Å². The largest absolute Gasteiger partial charge is 0.351 e. The number of rotatable bonds is 5. The van der Waals surface area contributed by atoms with Crippen molar-refractivity contribution in [2.45, 2.75) is 44.6 Å². The zero-order valence-corrected chi connectivity index (χ0v) is 20.4. The number of aromatic amines is 1. The second kappa shape index (κ2) is 8.72. The number of anilines is 1. The first kappa shape index (κ1) is 23.7. The molecule has 1 saturated heterocycles. The molecule has 3 aromatic rings. The molecule has 178 valence electrons. The number of carbonyl (C=O) groups is 1. The van der Waals surface area contributed by atoms with E-state index in [1.165, 1.54) is 12.3 Å². The Morgan fingerprint density at radius 3 is 2.53 bits per heavy atom. The zero-order valence-electron chi connectivity index (χ0n) is 19.6. The summed E-state index contributed by atoms with van der Waals surface area (Å²) < 4.78 is 27.6. The maximum absolute atomic E-state index is 13.3. The zero-order chi connectivity index (χ0) is 24.7. The third-order valence-corrected chi connectivity index (χ3v) is 7.52. The second-order valence-corrected chi connectivity index (χ2v) is 11.1. The molecule has 1 amide bonds. The third-order valence-electron chi connectivity index (χ3n) is 6.17. The summed E-state index contributed by atoms with van der Waals surface area (Å²) in [6.45, 7) is 8.98. The standard InChI is InChI=1S/C25H28N4O4S/c1-16-14-25(3,4)29(15-16)22-19(11-12-20(27-22)18-9-6-5-8-17(18)2)23(30)28-34(32,33)21-10-7-13-26-24(21)31/h5-13,16H,14-15H2,1-4H3,(H,26,31)(H,28,30)/t16-/m0/s1. The lowest BCUT2D eigenvalue weighted by atomic mass is 9.97. The molecular formula is C25H28N4O4S. The third kappa shape index (κ3) is 4.48. The highest BCUT2D eigenvalue weighted by molar-refractivity contribution is 7.90. The summed E-state index contributed by atoms with van der Waals surface area (Å²) in [5.74, 6) is -0.0383. The van der Waals surface area contributed by atoms with E-state index in [0.29, 0.717) is 24.0 Å². The highest BCUT2D eigenvalue weighted by Gasteiger charge is 2.39. The van der Waals surface area contributed by atoms with E-state index in [-0.39, 0.29) is 11.1 Å². The molecule has 0 saturated carbocycles. The van der Waals surface area contributed by atoms with Gasteiger partial charge in [0.1, 0.15) is 5.82 Å². The van der Waals surface area contributed by atoms with Gasteiger partial charge in [-0.25, -0.2) is 18.1 Å². The summed E-state index contributed by atoms with van der Waals surface area (Å²) in [5, 5.41) is 0. The summed E-state index contributed by atoms with van der Waals surface area (Å²) in [7, 11) is -4.38. The molecule has 1 fully saturated rings. The highest BCUT2D eigenvalue weighted by Crippen LogP contribution is 2.38. The van der Waals surface area contributed by atoms with Gasteiger partial charge < -0.3 is 9.88 Å². The number of sulfonamides is 1. The van der Waals surface area contributed by atoms with E-state index >= 15 is 0 Å². The predicted molar refractivity (Wildman–Crippen MR) is 131 cm³/mol. The molecule has 1 aromatic carbocycles. The fraction of sp³-hybridized carbons (Fsp3) is 0.320. The molecular weight excluding hydrogens is 452 g/mol. The average Bonchev–Trinajstić information content (AvgIpc) is 3.05. The lowest BCUT2D eigenvalue weighted by Gasteiger charge is -2.34. The summed E-state index contributed by atoms with van der Waals surface area (Å²) >= 11 is 0. The lowest BCUT2D eigenvalue weighted by Crippen LogP contribution is -2.41. The molecule has 0 unspecified atom stereocenters. The first-order valence-corrected chi connectivity index (χ1v) is 12.6. The van der Waals surface area contributed by atoms with Gasteiger partial charge in [0, 0.05) is 23.8 Å². The van der Waals surface area contributed by atoms with E-state index in [0.717, 1.165) is 23.6 Å². The van der Waals surface area contributed by atoms with Crippen LogP contribution >= 0.6 is 0 Å². The number of hydrogen-bond acceptors (Lipinski definition) is 6. The minimum Gasteiger partial charge on any atom is -0.351 e. The van der Waals surface area contributed by atoms with Crippen LogP contribution in [0.1, 0.15) is 43.1 Å². The SMILES string of the molecule is Cc1ccccc1-c1ccc(C(=O)NS(=O)(=O)c2ccc[nH]c2=O)c(N2C[C@@H](C)CC2(C)C)n1. The Morgan fingerprint density at radius 1 is 1.15 bits per heavy atom. The van der Waals surface area contributed by atoms with Gasteiger partial charge in [-0.3, -0.25) is 9.59 Å². The van der Waals surface area contributed by atoms with Crippen molar-refractivity contribution in [1.82, 2.24) is 14.7 Å². The first-order chi connectivity index (χ1) is 16.0.